The van der Waals surface area contributed by atoms with Crippen molar-refractivity contribution in [3.8, 4) is 5.75 Å². The van der Waals surface area contributed by atoms with Gasteiger partial charge in [0, 0.05) is 23.2 Å². The van der Waals surface area contributed by atoms with E-state index in [4.69, 9.17) is 4.74 Å². The predicted octanol–water partition coefficient (Wildman–Crippen LogP) is 3.50. The number of nitrogens with zero attached hydrogens (tertiary/aromatic N) is 1. The summed E-state index contributed by atoms with van der Waals surface area (Å²) >= 11 is 0. The van der Waals surface area contributed by atoms with Crippen LogP contribution in [-0.2, 0) is 4.79 Å². The lowest BCUT2D eigenvalue weighted by Crippen LogP contribution is -2.34. The van der Waals surface area contributed by atoms with Gasteiger partial charge in [-0.15, -0.1) is 0 Å². The minimum absolute atomic E-state index is 0.0220. The Bertz CT molecular complexity index is 968. The standard InChI is InChI=1S/C20H23N5O3/c1-12(2)21-20(27)23-18-16-10-9-15(11-17(16)24-25-18)28-13(3)19(26)22-14-7-5-4-6-8-14/h4-13H,1-3H3,(H,22,26)(H3,21,23,24,25,27). The van der Waals surface area contributed by atoms with Gasteiger partial charge in [-0.2, -0.15) is 5.10 Å². The summed E-state index contributed by atoms with van der Waals surface area (Å²) in [6.45, 7) is 5.43. The molecule has 0 radical (unpaired) electrons. The molecule has 0 aliphatic carbocycles. The minimum atomic E-state index is -0.685. The Balaban J connectivity index is 1.66. The summed E-state index contributed by atoms with van der Waals surface area (Å²) in [7, 11) is 0. The van der Waals surface area contributed by atoms with E-state index < -0.39 is 6.10 Å². The monoisotopic (exact) mass is 381 g/mol. The highest BCUT2D eigenvalue weighted by atomic mass is 16.5. The first-order chi connectivity index (χ1) is 13.4. The number of rotatable bonds is 6. The fourth-order valence-electron chi connectivity index (χ4n) is 2.60. The summed E-state index contributed by atoms with van der Waals surface area (Å²) in [5.41, 5.74) is 1.40. The molecule has 4 N–H and O–H groups in total. The molecule has 0 saturated carbocycles. The zero-order valence-corrected chi connectivity index (χ0v) is 15.9. The van der Waals surface area contributed by atoms with Crippen LogP contribution in [0.4, 0.5) is 16.3 Å². The van der Waals surface area contributed by atoms with Crippen LogP contribution in [0.5, 0.6) is 5.75 Å². The van der Waals surface area contributed by atoms with E-state index in [1.807, 2.05) is 44.2 Å². The van der Waals surface area contributed by atoms with Crippen LogP contribution in [0.25, 0.3) is 10.9 Å². The number of aromatic amines is 1. The number of nitrogens with one attached hydrogen (secondary N) is 4. The number of aromatic nitrogens is 2. The van der Waals surface area contributed by atoms with E-state index in [9.17, 15) is 9.59 Å². The van der Waals surface area contributed by atoms with Gasteiger partial charge in [0.1, 0.15) is 5.75 Å². The third-order valence-electron chi connectivity index (χ3n) is 3.91. The summed E-state index contributed by atoms with van der Waals surface area (Å²) < 4.78 is 5.74. The van der Waals surface area contributed by atoms with Crippen molar-refractivity contribution in [1.82, 2.24) is 15.5 Å². The molecule has 0 bridgehead atoms. The largest absolute Gasteiger partial charge is 0.481 e. The third kappa shape index (κ3) is 4.79. The predicted molar refractivity (Wildman–Crippen MR) is 109 cm³/mol. The normalized spacial score (nSPS) is 11.9. The van der Waals surface area contributed by atoms with Crippen LogP contribution >= 0.6 is 0 Å². The number of para-hydroxylation sites is 1. The van der Waals surface area contributed by atoms with Crippen LogP contribution in [0, 0.1) is 0 Å². The highest BCUT2D eigenvalue weighted by Crippen LogP contribution is 2.25. The van der Waals surface area contributed by atoms with Crippen LogP contribution in [0.2, 0.25) is 0 Å². The van der Waals surface area contributed by atoms with E-state index >= 15 is 0 Å². The van der Waals surface area contributed by atoms with Gasteiger partial charge >= 0.3 is 6.03 Å². The van der Waals surface area contributed by atoms with Crippen molar-refractivity contribution >= 4 is 34.3 Å². The topological polar surface area (TPSA) is 108 Å². The second-order valence-electron chi connectivity index (χ2n) is 6.65. The Labute approximate surface area is 162 Å². The Morgan fingerprint density at radius 1 is 1.04 bits per heavy atom. The minimum Gasteiger partial charge on any atom is -0.481 e. The van der Waals surface area contributed by atoms with Gasteiger partial charge in [-0.25, -0.2) is 4.79 Å². The molecule has 3 aromatic rings. The fourth-order valence-corrected chi connectivity index (χ4v) is 2.60. The van der Waals surface area contributed by atoms with E-state index in [0.717, 1.165) is 5.39 Å². The third-order valence-corrected chi connectivity index (χ3v) is 3.91. The molecular formula is C20H23N5O3. The van der Waals surface area contributed by atoms with Crippen molar-refractivity contribution in [1.29, 1.82) is 0 Å². The number of urea groups is 1. The molecule has 1 unspecified atom stereocenters. The molecule has 2 aromatic carbocycles. The van der Waals surface area contributed by atoms with Gasteiger partial charge in [0.2, 0.25) is 0 Å². The van der Waals surface area contributed by atoms with E-state index in [1.165, 1.54) is 0 Å². The maximum Gasteiger partial charge on any atom is 0.320 e. The first-order valence-corrected chi connectivity index (χ1v) is 9.00. The summed E-state index contributed by atoms with van der Waals surface area (Å²) in [6.07, 6.45) is -0.685. The zero-order valence-electron chi connectivity index (χ0n) is 15.9. The first-order valence-electron chi connectivity index (χ1n) is 9.00. The molecule has 8 heteroatoms. The molecule has 3 rings (SSSR count). The molecule has 28 heavy (non-hydrogen) atoms. The number of amides is 3. The summed E-state index contributed by atoms with van der Waals surface area (Å²) in [4.78, 5) is 24.1. The molecule has 0 aliphatic rings. The SMILES string of the molecule is CC(C)NC(=O)Nc1n[nH]c2cc(OC(C)C(=O)Nc3ccccc3)ccc12. The Morgan fingerprint density at radius 3 is 2.50 bits per heavy atom. The number of carbonyl (C=O) groups excluding carboxylic acids is 2. The van der Waals surface area contributed by atoms with Crippen LogP contribution < -0.4 is 20.7 Å². The molecule has 8 nitrogen and oxygen atoms in total. The maximum atomic E-state index is 12.3. The maximum absolute atomic E-state index is 12.3. The fraction of sp³-hybridized carbons (Fsp3) is 0.250. The van der Waals surface area contributed by atoms with Crippen molar-refractivity contribution in [2.75, 3.05) is 10.6 Å². The zero-order chi connectivity index (χ0) is 20.1. The summed E-state index contributed by atoms with van der Waals surface area (Å²) in [5.74, 6) is 0.697. The average molecular weight is 381 g/mol. The quantitative estimate of drug-likeness (QED) is 0.524. The molecule has 0 fully saturated rings. The van der Waals surface area contributed by atoms with Gasteiger partial charge in [0.25, 0.3) is 5.91 Å². The number of carbonyl (C=O) groups is 2. The Hall–Kier alpha value is -3.55. The second-order valence-corrected chi connectivity index (χ2v) is 6.65. The smallest absolute Gasteiger partial charge is 0.320 e. The van der Waals surface area contributed by atoms with Crippen LogP contribution in [0.1, 0.15) is 20.8 Å². The van der Waals surface area contributed by atoms with E-state index in [2.05, 4.69) is 26.1 Å². The van der Waals surface area contributed by atoms with E-state index in [0.29, 0.717) is 22.8 Å². The molecular weight excluding hydrogens is 358 g/mol. The van der Waals surface area contributed by atoms with E-state index in [-0.39, 0.29) is 18.0 Å². The van der Waals surface area contributed by atoms with Crippen LogP contribution in [0.15, 0.2) is 48.5 Å². The van der Waals surface area contributed by atoms with Gasteiger partial charge < -0.3 is 15.4 Å². The molecule has 0 aliphatic heterocycles. The lowest BCUT2D eigenvalue weighted by atomic mass is 10.2. The highest BCUT2D eigenvalue weighted by Gasteiger charge is 2.16. The van der Waals surface area contributed by atoms with E-state index in [1.54, 1.807) is 25.1 Å². The summed E-state index contributed by atoms with van der Waals surface area (Å²) in [5, 5.41) is 16.0. The molecule has 1 aromatic heterocycles. The number of H-pyrrole nitrogens is 1. The van der Waals surface area contributed by atoms with Crippen LogP contribution in [-0.4, -0.2) is 34.3 Å². The van der Waals surface area contributed by atoms with Crippen molar-refractivity contribution in [3.05, 3.63) is 48.5 Å². The number of fused-ring (bicyclic) bond motifs is 1. The molecule has 1 atom stereocenters. The lowest BCUT2D eigenvalue weighted by molar-refractivity contribution is -0.122. The van der Waals surface area contributed by atoms with Gasteiger partial charge in [0.05, 0.1) is 5.52 Å². The van der Waals surface area contributed by atoms with Gasteiger partial charge in [-0.1, -0.05) is 18.2 Å². The number of hydrogen-bond acceptors (Lipinski definition) is 4. The van der Waals surface area contributed by atoms with Gasteiger partial charge in [0.15, 0.2) is 11.9 Å². The Morgan fingerprint density at radius 2 is 1.79 bits per heavy atom. The molecule has 0 spiro atoms. The van der Waals surface area contributed by atoms with Crippen molar-refractivity contribution in [2.24, 2.45) is 0 Å². The highest BCUT2D eigenvalue weighted by molar-refractivity contribution is 5.99. The second kappa shape index (κ2) is 8.43. The lowest BCUT2D eigenvalue weighted by Gasteiger charge is -2.15. The number of anilines is 2. The molecule has 0 saturated heterocycles. The number of benzene rings is 2. The molecule has 146 valence electrons. The van der Waals surface area contributed by atoms with Crippen molar-refractivity contribution in [3.63, 3.8) is 0 Å². The molecule has 1 heterocycles. The van der Waals surface area contributed by atoms with Gasteiger partial charge in [-0.3, -0.25) is 15.2 Å². The number of hydrogen-bond donors (Lipinski definition) is 4. The van der Waals surface area contributed by atoms with Crippen molar-refractivity contribution < 1.29 is 14.3 Å². The Kier molecular flexibility index (Phi) is 5.78. The average Bonchev–Trinajstić information content (AvgIpc) is 3.03. The van der Waals surface area contributed by atoms with Crippen LogP contribution in [0.3, 0.4) is 0 Å². The first kappa shape index (κ1) is 19.2. The summed E-state index contributed by atoms with van der Waals surface area (Å²) in [6, 6.07) is 14.1. The van der Waals surface area contributed by atoms with Crippen molar-refractivity contribution in [2.45, 2.75) is 32.9 Å². The molecule has 3 amide bonds. The number of ether oxygens (including phenoxy) is 1. The van der Waals surface area contributed by atoms with Gasteiger partial charge in [-0.05, 0) is 45.0 Å².